The van der Waals surface area contributed by atoms with Gasteiger partial charge in [-0.3, -0.25) is 9.69 Å². The fourth-order valence-electron chi connectivity index (χ4n) is 3.22. The van der Waals surface area contributed by atoms with Crippen LogP contribution in [0.3, 0.4) is 0 Å². The lowest BCUT2D eigenvalue weighted by Crippen LogP contribution is -2.32. The number of unbranched alkanes of at least 4 members (excludes halogenated alkanes) is 1. The quantitative estimate of drug-likeness (QED) is 0.704. The summed E-state index contributed by atoms with van der Waals surface area (Å²) in [4.78, 5) is 14.5. The average Bonchev–Trinajstić information content (AvgIpc) is 3.44. The van der Waals surface area contributed by atoms with Crippen LogP contribution in [0.1, 0.15) is 44.6 Å². The van der Waals surface area contributed by atoms with Crippen molar-refractivity contribution in [2.24, 2.45) is 0 Å². The molecule has 24 heavy (non-hydrogen) atoms. The first-order valence-electron chi connectivity index (χ1n) is 9.25. The number of amides is 1. The normalized spacial score (nSPS) is 14.2. The van der Waals surface area contributed by atoms with E-state index in [-0.39, 0.29) is 5.91 Å². The molecule has 3 nitrogen and oxygen atoms in total. The molecule has 3 heteroatoms. The number of fused-ring (bicyclic) bond motifs is 1. The summed E-state index contributed by atoms with van der Waals surface area (Å²) in [5.41, 5.74) is 1.37. The summed E-state index contributed by atoms with van der Waals surface area (Å²) in [6.45, 7) is 4.74. The molecule has 128 valence electrons. The molecular formula is C21H28N2O. The Morgan fingerprint density at radius 3 is 2.75 bits per heavy atom. The van der Waals surface area contributed by atoms with Crippen molar-refractivity contribution in [1.82, 2.24) is 10.2 Å². The van der Waals surface area contributed by atoms with Gasteiger partial charge in [0.25, 0.3) is 0 Å². The van der Waals surface area contributed by atoms with Crippen LogP contribution in [0.15, 0.2) is 42.5 Å². The second-order valence-electron chi connectivity index (χ2n) is 6.79. The van der Waals surface area contributed by atoms with Crippen LogP contribution in [-0.4, -0.2) is 29.9 Å². The molecule has 0 aromatic heterocycles. The third-order valence-corrected chi connectivity index (χ3v) is 4.80. The standard InChI is InChI=1S/C21H28N2O/c1-2-3-14-22-21(24)13-15-23(19-11-12-19)16-18-9-6-8-17-7-4-5-10-20(17)18/h4-10,19H,2-3,11-16H2,1H3,(H,22,24). The fourth-order valence-corrected chi connectivity index (χ4v) is 3.22. The Labute approximate surface area is 145 Å². The second-order valence-corrected chi connectivity index (χ2v) is 6.79. The summed E-state index contributed by atoms with van der Waals surface area (Å²) in [7, 11) is 0. The number of nitrogens with zero attached hydrogens (tertiary/aromatic N) is 1. The van der Waals surface area contributed by atoms with E-state index in [0.29, 0.717) is 12.5 Å². The van der Waals surface area contributed by atoms with Crippen molar-refractivity contribution in [1.29, 1.82) is 0 Å². The highest BCUT2D eigenvalue weighted by Crippen LogP contribution is 2.30. The molecule has 1 amide bonds. The van der Waals surface area contributed by atoms with Gasteiger partial charge in [0.2, 0.25) is 5.91 Å². The van der Waals surface area contributed by atoms with Crippen LogP contribution in [0.4, 0.5) is 0 Å². The second kappa shape index (κ2) is 8.29. The molecule has 0 heterocycles. The van der Waals surface area contributed by atoms with Crippen LogP contribution >= 0.6 is 0 Å². The maximum Gasteiger partial charge on any atom is 0.221 e. The van der Waals surface area contributed by atoms with Gasteiger partial charge in [0, 0.05) is 32.1 Å². The van der Waals surface area contributed by atoms with Gasteiger partial charge in [-0.2, -0.15) is 0 Å². The largest absolute Gasteiger partial charge is 0.356 e. The molecule has 3 rings (SSSR count). The fraction of sp³-hybridized carbons (Fsp3) is 0.476. The Balaban J connectivity index is 1.61. The van der Waals surface area contributed by atoms with Gasteiger partial charge >= 0.3 is 0 Å². The van der Waals surface area contributed by atoms with E-state index in [4.69, 9.17) is 0 Å². The van der Waals surface area contributed by atoms with E-state index in [0.717, 1.165) is 32.5 Å². The Kier molecular flexibility index (Phi) is 5.86. The van der Waals surface area contributed by atoms with E-state index in [1.807, 2.05) is 0 Å². The van der Waals surface area contributed by atoms with Gasteiger partial charge in [-0.25, -0.2) is 0 Å². The van der Waals surface area contributed by atoms with Gasteiger partial charge in [0.1, 0.15) is 0 Å². The Bertz CT molecular complexity index is 673. The number of rotatable bonds is 9. The van der Waals surface area contributed by atoms with Gasteiger partial charge in [-0.05, 0) is 35.6 Å². The van der Waals surface area contributed by atoms with Crippen molar-refractivity contribution < 1.29 is 4.79 Å². The highest BCUT2D eigenvalue weighted by molar-refractivity contribution is 5.85. The van der Waals surface area contributed by atoms with Crippen molar-refractivity contribution >= 4 is 16.7 Å². The minimum atomic E-state index is 0.187. The van der Waals surface area contributed by atoms with E-state index in [1.54, 1.807) is 0 Å². The third-order valence-electron chi connectivity index (χ3n) is 4.80. The lowest BCUT2D eigenvalue weighted by molar-refractivity contribution is -0.121. The number of carbonyl (C=O) groups excluding carboxylic acids is 1. The molecule has 2 aromatic carbocycles. The number of benzene rings is 2. The SMILES string of the molecule is CCCCNC(=O)CCN(Cc1cccc2ccccc12)C1CC1. The molecule has 0 spiro atoms. The maximum atomic E-state index is 12.0. The highest BCUT2D eigenvalue weighted by atomic mass is 16.1. The first-order chi connectivity index (χ1) is 11.8. The summed E-state index contributed by atoms with van der Waals surface area (Å²) in [5.74, 6) is 0.187. The lowest BCUT2D eigenvalue weighted by atomic mass is 10.0. The molecule has 1 N–H and O–H groups in total. The van der Waals surface area contributed by atoms with Crippen molar-refractivity contribution in [2.45, 2.75) is 51.6 Å². The van der Waals surface area contributed by atoms with Crippen LogP contribution in [0.25, 0.3) is 10.8 Å². The molecule has 0 radical (unpaired) electrons. The van der Waals surface area contributed by atoms with Crippen molar-refractivity contribution in [3.8, 4) is 0 Å². The van der Waals surface area contributed by atoms with Crippen LogP contribution in [0.2, 0.25) is 0 Å². The lowest BCUT2D eigenvalue weighted by Gasteiger charge is -2.22. The molecule has 0 saturated heterocycles. The minimum Gasteiger partial charge on any atom is -0.356 e. The zero-order chi connectivity index (χ0) is 16.8. The van der Waals surface area contributed by atoms with Crippen molar-refractivity contribution in [3.05, 3.63) is 48.0 Å². The van der Waals surface area contributed by atoms with Gasteiger partial charge in [-0.15, -0.1) is 0 Å². The molecule has 1 fully saturated rings. The Morgan fingerprint density at radius 1 is 1.17 bits per heavy atom. The Morgan fingerprint density at radius 2 is 1.96 bits per heavy atom. The maximum absolute atomic E-state index is 12.0. The van der Waals surface area contributed by atoms with Crippen LogP contribution in [-0.2, 0) is 11.3 Å². The van der Waals surface area contributed by atoms with E-state index in [2.05, 4.69) is 59.6 Å². The first kappa shape index (κ1) is 17.0. The number of nitrogens with one attached hydrogen (secondary N) is 1. The predicted molar refractivity (Wildman–Crippen MR) is 99.9 cm³/mol. The number of hydrogen-bond donors (Lipinski definition) is 1. The summed E-state index contributed by atoms with van der Waals surface area (Å²) in [6.07, 6.45) is 5.32. The van der Waals surface area contributed by atoms with Gasteiger partial charge in [0.15, 0.2) is 0 Å². The number of hydrogen-bond acceptors (Lipinski definition) is 2. The van der Waals surface area contributed by atoms with Crippen LogP contribution < -0.4 is 5.32 Å². The molecule has 1 aliphatic rings. The topological polar surface area (TPSA) is 32.3 Å². The van der Waals surface area contributed by atoms with E-state index >= 15 is 0 Å². The third kappa shape index (κ3) is 4.57. The minimum absolute atomic E-state index is 0.187. The molecule has 1 aliphatic carbocycles. The number of carbonyl (C=O) groups is 1. The van der Waals surface area contributed by atoms with E-state index < -0.39 is 0 Å². The van der Waals surface area contributed by atoms with Gasteiger partial charge < -0.3 is 5.32 Å². The van der Waals surface area contributed by atoms with Crippen LogP contribution in [0, 0.1) is 0 Å². The molecule has 0 aliphatic heterocycles. The molecule has 0 atom stereocenters. The molecule has 0 bridgehead atoms. The molecular weight excluding hydrogens is 296 g/mol. The average molecular weight is 324 g/mol. The van der Waals surface area contributed by atoms with Gasteiger partial charge in [-0.1, -0.05) is 55.8 Å². The molecule has 0 unspecified atom stereocenters. The smallest absolute Gasteiger partial charge is 0.221 e. The monoisotopic (exact) mass is 324 g/mol. The highest BCUT2D eigenvalue weighted by Gasteiger charge is 2.29. The zero-order valence-electron chi connectivity index (χ0n) is 14.6. The first-order valence-corrected chi connectivity index (χ1v) is 9.25. The van der Waals surface area contributed by atoms with Gasteiger partial charge in [0.05, 0.1) is 0 Å². The summed E-state index contributed by atoms with van der Waals surface area (Å²) in [5, 5.41) is 5.65. The summed E-state index contributed by atoms with van der Waals surface area (Å²) >= 11 is 0. The van der Waals surface area contributed by atoms with Crippen molar-refractivity contribution in [3.63, 3.8) is 0 Å². The summed E-state index contributed by atoms with van der Waals surface area (Å²) in [6, 6.07) is 15.8. The molecule has 1 saturated carbocycles. The zero-order valence-corrected chi connectivity index (χ0v) is 14.6. The van der Waals surface area contributed by atoms with E-state index in [1.165, 1.54) is 29.2 Å². The predicted octanol–water partition coefficient (Wildman–Crippen LogP) is 4.11. The van der Waals surface area contributed by atoms with Crippen molar-refractivity contribution in [2.75, 3.05) is 13.1 Å². The van der Waals surface area contributed by atoms with Crippen LogP contribution in [0.5, 0.6) is 0 Å². The molecule has 2 aromatic rings. The summed E-state index contributed by atoms with van der Waals surface area (Å²) < 4.78 is 0. The van der Waals surface area contributed by atoms with E-state index in [9.17, 15) is 4.79 Å². The Hall–Kier alpha value is -1.87.